The van der Waals surface area contributed by atoms with Gasteiger partial charge in [-0.25, -0.2) is 18.8 Å². The van der Waals surface area contributed by atoms with Gasteiger partial charge in [0.15, 0.2) is 0 Å². The molecular weight excluding hydrogens is 547 g/mol. The van der Waals surface area contributed by atoms with Crippen LogP contribution in [-0.4, -0.2) is 24.5 Å². The van der Waals surface area contributed by atoms with Crippen molar-refractivity contribution in [1.29, 1.82) is 0 Å². The van der Waals surface area contributed by atoms with Crippen molar-refractivity contribution >= 4 is 17.9 Å². The fourth-order valence-corrected chi connectivity index (χ4v) is 4.91. The normalized spacial score (nSPS) is 13.5. The largest absolute Gasteiger partial charge is 0.462 e. The molecule has 7 heteroatoms. The van der Waals surface area contributed by atoms with E-state index in [0.29, 0.717) is 48.1 Å². The van der Waals surface area contributed by atoms with Gasteiger partial charge in [-0.2, -0.15) is 0 Å². The lowest BCUT2D eigenvalue weighted by Gasteiger charge is -2.19. The molecule has 0 saturated heterocycles. The Morgan fingerprint density at radius 2 is 1.44 bits per heavy atom. The van der Waals surface area contributed by atoms with Crippen molar-refractivity contribution in [1.82, 2.24) is 0 Å². The number of benzene rings is 3. The van der Waals surface area contributed by atoms with Crippen LogP contribution in [0.3, 0.4) is 0 Å². The summed E-state index contributed by atoms with van der Waals surface area (Å²) in [5, 5.41) is 0. The molecule has 0 saturated carbocycles. The van der Waals surface area contributed by atoms with Crippen LogP contribution in [0, 0.1) is 5.82 Å². The van der Waals surface area contributed by atoms with Crippen LogP contribution in [0.4, 0.5) is 4.39 Å². The predicted octanol–water partition coefficient (Wildman–Crippen LogP) is 7.80. The van der Waals surface area contributed by atoms with E-state index < -0.39 is 24.0 Å². The highest BCUT2D eigenvalue weighted by Crippen LogP contribution is 2.45. The molecule has 43 heavy (non-hydrogen) atoms. The maximum atomic E-state index is 15.5. The number of carbonyl (C=O) groups excluding carboxylic acids is 3. The fourth-order valence-electron chi connectivity index (χ4n) is 4.91. The third-order valence-electron chi connectivity index (χ3n) is 7.18. The highest BCUT2D eigenvalue weighted by molar-refractivity contribution is 5.90. The van der Waals surface area contributed by atoms with Gasteiger partial charge in [-0.15, -0.1) is 0 Å². The van der Waals surface area contributed by atoms with Crippen molar-refractivity contribution in [2.75, 3.05) is 6.61 Å². The summed E-state index contributed by atoms with van der Waals surface area (Å²) in [6.45, 7) is 15.9. The van der Waals surface area contributed by atoms with Gasteiger partial charge in [0.1, 0.15) is 17.7 Å². The molecule has 222 valence electrons. The zero-order chi connectivity index (χ0) is 31.3. The molecule has 3 aromatic carbocycles. The summed E-state index contributed by atoms with van der Waals surface area (Å²) in [6.07, 6.45) is 1.80. The first-order valence-corrected chi connectivity index (χ1v) is 14.1. The SMILES string of the molecule is C=C(C)C(=O)OCCCc1ccc(-c2ccc(-c3ccc(OC(=O)C(=C)C)c4c3CCC4OC(=O)C(=C)C)cc2F)cc1. The Morgan fingerprint density at radius 1 is 0.814 bits per heavy atom. The van der Waals surface area contributed by atoms with Crippen molar-refractivity contribution in [3.8, 4) is 28.0 Å². The maximum absolute atomic E-state index is 15.5. The molecular formula is C36H35FO6. The molecule has 0 bridgehead atoms. The molecule has 0 aliphatic heterocycles. The van der Waals surface area contributed by atoms with E-state index in [0.717, 1.165) is 28.7 Å². The molecule has 1 atom stereocenters. The Bertz CT molecular complexity index is 1620. The van der Waals surface area contributed by atoms with Crippen molar-refractivity contribution in [2.45, 2.75) is 52.6 Å². The number of aryl methyl sites for hydroxylation is 1. The Morgan fingerprint density at radius 3 is 2.07 bits per heavy atom. The van der Waals surface area contributed by atoms with E-state index in [2.05, 4.69) is 19.7 Å². The van der Waals surface area contributed by atoms with Crippen LogP contribution < -0.4 is 4.74 Å². The Labute approximate surface area is 251 Å². The van der Waals surface area contributed by atoms with E-state index in [4.69, 9.17) is 14.2 Å². The van der Waals surface area contributed by atoms with Crippen molar-refractivity contribution < 1.29 is 33.0 Å². The second-order valence-corrected chi connectivity index (χ2v) is 10.8. The van der Waals surface area contributed by atoms with E-state index in [9.17, 15) is 14.4 Å². The van der Waals surface area contributed by atoms with Gasteiger partial charge in [-0.3, -0.25) is 0 Å². The predicted molar refractivity (Wildman–Crippen MR) is 164 cm³/mol. The summed E-state index contributed by atoms with van der Waals surface area (Å²) in [4.78, 5) is 36.2. The van der Waals surface area contributed by atoms with Gasteiger partial charge < -0.3 is 14.2 Å². The van der Waals surface area contributed by atoms with E-state index in [-0.39, 0.29) is 22.7 Å². The minimum absolute atomic E-state index is 0.237. The van der Waals surface area contributed by atoms with Crippen LogP contribution in [-0.2, 0) is 36.7 Å². The lowest BCUT2D eigenvalue weighted by atomic mass is 9.93. The second kappa shape index (κ2) is 13.5. The summed E-state index contributed by atoms with van der Waals surface area (Å²) < 4.78 is 31.9. The van der Waals surface area contributed by atoms with Gasteiger partial charge in [0.2, 0.25) is 0 Å². The number of carbonyl (C=O) groups is 3. The number of rotatable bonds is 11. The van der Waals surface area contributed by atoms with Crippen molar-refractivity contribution in [2.24, 2.45) is 0 Å². The summed E-state index contributed by atoms with van der Waals surface area (Å²) in [5.41, 5.74) is 5.97. The molecule has 1 unspecified atom stereocenters. The zero-order valence-corrected chi connectivity index (χ0v) is 24.8. The molecule has 4 rings (SSSR count). The smallest absolute Gasteiger partial charge is 0.338 e. The maximum Gasteiger partial charge on any atom is 0.338 e. The molecule has 0 spiro atoms. The second-order valence-electron chi connectivity index (χ2n) is 10.8. The summed E-state index contributed by atoms with van der Waals surface area (Å²) in [7, 11) is 0. The van der Waals surface area contributed by atoms with Crippen LogP contribution in [0.25, 0.3) is 22.3 Å². The average Bonchev–Trinajstić information content (AvgIpc) is 3.39. The van der Waals surface area contributed by atoms with E-state index in [1.165, 1.54) is 6.07 Å². The van der Waals surface area contributed by atoms with Crippen molar-refractivity contribution in [3.05, 3.63) is 114 Å². The number of hydrogen-bond donors (Lipinski definition) is 0. The Balaban J connectivity index is 1.57. The lowest BCUT2D eigenvalue weighted by molar-refractivity contribution is -0.144. The van der Waals surface area contributed by atoms with Crippen molar-refractivity contribution in [3.63, 3.8) is 0 Å². The van der Waals surface area contributed by atoms with Crippen LogP contribution in [0.5, 0.6) is 5.75 Å². The van der Waals surface area contributed by atoms with Crippen LogP contribution in [0.15, 0.2) is 91.1 Å². The van der Waals surface area contributed by atoms with Crippen LogP contribution >= 0.6 is 0 Å². The number of ether oxygens (including phenoxy) is 3. The van der Waals surface area contributed by atoms with E-state index in [1.807, 2.05) is 30.3 Å². The number of fused-ring (bicyclic) bond motifs is 1. The highest BCUT2D eigenvalue weighted by atomic mass is 19.1. The monoisotopic (exact) mass is 582 g/mol. The van der Waals surface area contributed by atoms with Gasteiger partial charge >= 0.3 is 17.9 Å². The molecule has 0 aromatic heterocycles. The number of halogens is 1. The molecule has 0 N–H and O–H groups in total. The van der Waals surface area contributed by atoms with Crippen LogP contribution in [0.2, 0.25) is 0 Å². The molecule has 1 aliphatic rings. The molecule has 0 amide bonds. The highest BCUT2D eigenvalue weighted by Gasteiger charge is 2.33. The summed E-state index contributed by atoms with van der Waals surface area (Å²) in [5.74, 6) is -1.61. The zero-order valence-electron chi connectivity index (χ0n) is 24.8. The number of hydrogen-bond acceptors (Lipinski definition) is 6. The molecule has 6 nitrogen and oxygen atoms in total. The third-order valence-corrected chi connectivity index (χ3v) is 7.18. The quantitative estimate of drug-likeness (QED) is 0.0994. The topological polar surface area (TPSA) is 78.9 Å². The first kappa shape index (κ1) is 31.2. The first-order valence-electron chi connectivity index (χ1n) is 14.1. The van der Waals surface area contributed by atoms with Gasteiger partial charge in [0.05, 0.1) is 6.61 Å². The fraction of sp³-hybridized carbons (Fsp3) is 0.250. The average molecular weight is 583 g/mol. The van der Waals surface area contributed by atoms with E-state index >= 15 is 4.39 Å². The Kier molecular flexibility index (Phi) is 9.76. The molecule has 0 heterocycles. The Hall–Kier alpha value is -4.78. The minimum atomic E-state index is -0.632. The summed E-state index contributed by atoms with van der Waals surface area (Å²) in [6, 6.07) is 16.1. The molecule has 3 aromatic rings. The molecule has 0 radical (unpaired) electrons. The minimum Gasteiger partial charge on any atom is -0.462 e. The third kappa shape index (κ3) is 7.36. The van der Waals surface area contributed by atoms with Gasteiger partial charge in [0.25, 0.3) is 0 Å². The van der Waals surface area contributed by atoms with Crippen LogP contribution in [0.1, 0.15) is 56.4 Å². The molecule has 0 fully saturated rings. The summed E-state index contributed by atoms with van der Waals surface area (Å²) >= 11 is 0. The lowest BCUT2D eigenvalue weighted by Crippen LogP contribution is -2.14. The first-order chi connectivity index (χ1) is 20.5. The standard InChI is InChI=1S/C36H35FO6/c1-21(2)34(38)41-19-7-8-24-9-11-25(12-10-24)28-14-13-26(20-30(28)37)27-15-17-31(42-35(39)22(3)4)33-29(27)16-18-32(33)43-36(40)23(5)6/h9-15,17,20,32H,1,3,5,7-8,16,18-19H2,2,4,6H3. The number of esters is 3. The van der Waals surface area contributed by atoms with Gasteiger partial charge in [0, 0.05) is 27.8 Å². The molecule has 1 aliphatic carbocycles. The van der Waals surface area contributed by atoms with Gasteiger partial charge in [-0.1, -0.05) is 62.2 Å². The van der Waals surface area contributed by atoms with E-state index in [1.54, 1.807) is 39.0 Å². The van der Waals surface area contributed by atoms with Gasteiger partial charge in [-0.05, 0) is 86.4 Å².